The summed E-state index contributed by atoms with van der Waals surface area (Å²) in [4.78, 5) is 28.5. The van der Waals surface area contributed by atoms with E-state index in [2.05, 4.69) is 15.5 Å². The monoisotopic (exact) mass is 459 g/mol. The van der Waals surface area contributed by atoms with Gasteiger partial charge in [-0.15, -0.1) is 11.3 Å². The molecule has 0 spiro atoms. The smallest absolute Gasteiger partial charge is 0.344 e. The van der Waals surface area contributed by atoms with Gasteiger partial charge in [0.2, 0.25) is 5.13 Å². The third-order valence-corrected chi connectivity index (χ3v) is 5.45. The Labute approximate surface area is 194 Å². The van der Waals surface area contributed by atoms with Gasteiger partial charge in [-0.1, -0.05) is 36.4 Å². The second kappa shape index (κ2) is 10.5. The predicted molar refractivity (Wildman–Crippen MR) is 129 cm³/mol. The molecule has 0 atom stereocenters. The molecular weight excluding hydrogens is 438 g/mol. The first-order valence-corrected chi connectivity index (χ1v) is 11.2. The Balaban J connectivity index is 1.34. The molecule has 0 aliphatic rings. The van der Waals surface area contributed by atoms with Crippen molar-refractivity contribution < 1.29 is 19.1 Å². The second-order valence-electron chi connectivity index (χ2n) is 6.98. The molecule has 4 rings (SSSR count). The number of anilines is 1. The van der Waals surface area contributed by atoms with E-state index in [4.69, 9.17) is 9.47 Å². The maximum atomic E-state index is 12.7. The average Bonchev–Trinajstić information content (AvgIpc) is 3.27. The molecule has 1 aromatic heterocycles. The summed E-state index contributed by atoms with van der Waals surface area (Å²) in [5.74, 6) is -0.266. The number of hydrogen-bond acceptors (Lipinski definition) is 8. The summed E-state index contributed by atoms with van der Waals surface area (Å²) in [6.45, 7) is 2.11. The second-order valence-corrected chi connectivity index (χ2v) is 7.84. The molecule has 33 heavy (non-hydrogen) atoms. The number of aromatic nitrogens is 1. The first-order chi connectivity index (χ1) is 16.1. The Hall–Kier alpha value is -4.04. The molecule has 1 heterocycles. The highest BCUT2D eigenvalue weighted by Gasteiger charge is 2.12. The van der Waals surface area contributed by atoms with Crippen molar-refractivity contribution in [3.8, 4) is 5.75 Å². The molecule has 0 amide bonds. The number of rotatable bonds is 8. The summed E-state index contributed by atoms with van der Waals surface area (Å²) >= 11 is 1.35. The van der Waals surface area contributed by atoms with Crippen LogP contribution in [0.2, 0.25) is 0 Å². The van der Waals surface area contributed by atoms with Crippen molar-refractivity contribution in [2.75, 3.05) is 12.0 Å². The summed E-state index contributed by atoms with van der Waals surface area (Å²) in [6.07, 6.45) is 1.76. The number of nitrogens with one attached hydrogen (secondary N) is 1. The summed E-state index contributed by atoms with van der Waals surface area (Å²) in [5, 5.41) is 8.36. The van der Waals surface area contributed by atoms with E-state index in [9.17, 15) is 9.59 Å². The van der Waals surface area contributed by atoms with Crippen LogP contribution in [-0.4, -0.2) is 29.7 Å². The fraction of sp³-hybridized carbons (Fsp3) is 0.120. The molecule has 1 N–H and O–H groups in total. The van der Waals surface area contributed by atoms with Gasteiger partial charge >= 0.3 is 11.9 Å². The van der Waals surface area contributed by atoms with Crippen LogP contribution in [0.15, 0.2) is 77.2 Å². The van der Waals surface area contributed by atoms with E-state index in [0.717, 1.165) is 16.3 Å². The topological polar surface area (TPSA) is 89.9 Å². The van der Waals surface area contributed by atoms with E-state index in [1.54, 1.807) is 48.9 Å². The number of esters is 2. The molecule has 0 bridgehead atoms. The molecule has 0 saturated heterocycles. The molecule has 0 radical (unpaired) electrons. The number of thiazole rings is 1. The van der Waals surface area contributed by atoms with Crippen LogP contribution >= 0.6 is 11.3 Å². The highest BCUT2D eigenvalue weighted by Crippen LogP contribution is 2.21. The van der Waals surface area contributed by atoms with E-state index in [1.807, 2.05) is 36.4 Å². The highest BCUT2D eigenvalue weighted by atomic mass is 32.1. The molecule has 0 fully saturated rings. The Morgan fingerprint density at radius 1 is 1.06 bits per heavy atom. The fourth-order valence-electron chi connectivity index (χ4n) is 3.15. The van der Waals surface area contributed by atoms with Crippen LogP contribution in [0.4, 0.5) is 5.13 Å². The summed E-state index contributed by atoms with van der Waals surface area (Å²) in [5.41, 5.74) is 4.81. The van der Waals surface area contributed by atoms with Gasteiger partial charge in [-0.25, -0.2) is 9.78 Å². The minimum absolute atomic E-state index is 0.134. The highest BCUT2D eigenvalue weighted by molar-refractivity contribution is 7.13. The van der Waals surface area contributed by atoms with Gasteiger partial charge in [0.05, 0.1) is 30.5 Å². The van der Waals surface area contributed by atoms with Crippen molar-refractivity contribution in [3.05, 3.63) is 88.9 Å². The van der Waals surface area contributed by atoms with E-state index >= 15 is 0 Å². The zero-order chi connectivity index (χ0) is 23.0. The number of hydrogen-bond donors (Lipinski definition) is 1. The Morgan fingerprint density at radius 3 is 2.67 bits per heavy atom. The SMILES string of the molecule is CCOC(=O)Cc1csc(NN=Cc2ccc(OC(=O)c3cccc4ccccc34)cc2)n1. The fourth-order valence-corrected chi connectivity index (χ4v) is 3.81. The van der Waals surface area contributed by atoms with Crippen LogP contribution in [0, 0.1) is 0 Å². The predicted octanol–water partition coefficient (Wildman–Crippen LogP) is 5.07. The number of hydrazone groups is 1. The quantitative estimate of drug-likeness (QED) is 0.171. The summed E-state index contributed by atoms with van der Waals surface area (Å²) < 4.78 is 10.5. The normalized spacial score (nSPS) is 10.9. The van der Waals surface area contributed by atoms with E-state index < -0.39 is 5.97 Å². The standard InChI is InChI=1S/C25H21N3O4S/c1-2-31-23(29)14-19-16-33-25(27-19)28-26-15-17-10-12-20(13-11-17)32-24(30)22-9-5-7-18-6-3-4-8-21(18)22/h3-13,15-16H,2,14H2,1H3,(H,27,28). The Morgan fingerprint density at radius 2 is 1.85 bits per heavy atom. The van der Waals surface area contributed by atoms with Crippen LogP contribution in [0.1, 0.15) is 28.5 Å². The van der Waals surface area contributed by atoms with Crippen molar-refractivity contribution in [1.29, 1.82) is 0 Å². The minimum Gasteiger partial charge on any atom is -0.466 e. The van der Waals surface area contributed by atoms with Crippen molar-refractivity contribution in [2.45, 2.75) is 13.3 Å². The molecule has 0 aliphatic heterocycles. The van der Waals surface area contributed by atoms with E-state index in [1.165, 1.54) is 11.3 Å². The number of benzene rings is 3. The third kappa shape index (κ3) is 5.81. The number of fused-ring (bicyclic) bond motifs is 1. The van der Waals surface area contributed by atoms with Crippen molar-refractivity contribution in [2.24, 2.45) is 5.10 Å². The Kier molecular flexibility index (Phi) is 7.06. The van der Waals surface area contributed by atoms with E-state index in [-0.39, 0.29) is 12.4 Å². The molecule has 0 unspecified atom stereocenters. The van der Waals surface area contributed by atoms with Crippen LogP contribution in [0.25, 0.3) is 10.8 Å². The van der Waals surface area contributed by atoms with Gasteiger partial charge in [0.15, 0.2) is 0 Å². The third-order valence-electron chi connectivity index (χ3n) is 4.66. The lowest BCUT2D eigenvalue weighted by Gasteiger charge is -2.07. The Bertz CT molecular complexity index is 1290. The summed E-state index contributed by atoms with van der Waals surface area (Å²) in [7, 11) is 0. The average molecular weight is 460 g/mol. The zero-order valence-corrected chi connectivity index (χ0v) is 18.7. The number of ether oxygens (including phenoxy) is 2. The molecule has 0 saturated carbocycles. The molecule has 4 aromatic rings. The van der Waals surface area contributed by atoms with Gasteiger partial charge < -0.3 is 9.47 Å². The lowest BCUT2D eigenvalue weighted by Crippen LogP contribution is -2.09. The van der Waals surface area contributed by atoms with Gasteiger partial charge in [0.25, 0.3) is 0 Å². The molecule has 166 valence electrons. The van der Waals surface area contributed by atoms with Crippen LogP contribution in [-0.2, 0) is 16.0 Å². The van der Waals surface area contributed by atoms with Gasteiger partial charge in [0.1, 0.15) is 5.75 Å². The number of carbonyl (C=O) groups excluding carboxylic acids is 2. The first-order valence-electron chi connectivity index (χ1n) is 10.3. The lowest BCUT2D eigenvalue weighted by molar-refractivity contribution is -0.142. The van der Waals surface area contributed by atoms with Crippen LogP contribution < -0.4 is 10.2 Å². The van der Waals surface area contributed by atoms with Gasteiger partial charge in [0, 0.05) is 5.38 Å². The zero-order valence-electron chi connectivity index (χ0n) is 17.9. The number of carbonyl (C=O) groups is 2. The first kappa shape index (κ1) is 22.2. The van der Waals surface area contributed by atoms with Crippen molar-refractivity contribution in [1.82, 2.24) is 4.98 Å². The molecule has 3 aromatic carbocycles. The maximum absolute atomic E-state index is 12.7. The van der Waals surface area contributed by atoms with Crippen molar-refractivity contribution in [3.63, 3.8) is 0 Å². The van der Waals surface area contributed by atoms with Gasteiger partial charge in [-0.2, -0.15) is 5.10 Å². The van der Waals surface area contributed by atoms with Gasteiger partial charge in [-0.05, 0) is 53.6 Å². The lowest BCUT2D eigenvalue weighted by atomic mass is 10.0. The maximum Gasteiger partial charge on any atom is 0.344 e. The molecule has 0 aliphatic carbocycles. The largest absolute Gasteiger partial charge is 0.466 e. The molecule has 7 nitrogen and oxygen atoms in total. The molecule has 8 heteroatoms. The van der Waals surface area contributed by atoms with Gasteiger partial charge in [-0.3, -0.25) is 10.2 Å². The summed E-state index contributed by atoms with van der Waals surface area (Å²) in [6, 6.07) is 20.3. The minimum atomic E-state index is -0.405. The van der Waals surface area contributed by atoms with Crippen molar-refractivity contribution >= 4 is 45.4 Å². The van der Waals surface area contributed by atoms with E-state index in [0.29, 0.717) is 28.7 Å². The van der Waals surface area contributed by atoms with Crippen LogP contribution in [0.5, 0.6) is 5.75 Å². The number of nitrogens with zero attached hydrogens (tertiary/aromatic N) is 2. The van der Waals surface area contributed by atoms with Crippen LogP contribution in [0.3, 0.4) is 0 Å². The molecular formula is C25H21N3O4S.